The van der Waals surface area contributed by atoms with E-state index in [-0.39, 0.29) is 5.91 Å². The molecule has 2 fully saturated rings. The number of aromatic nitrogens is 2. The number of rotatable bonds is 6. The summed E-state index contributed by atoms with van der Waals surface area (Å²) in [4.78, 5) is 28.1. The molecule has 0 bridgehead atoms. The zero-order valence-electron chi connectivity index (χ0n) is 16.5. The van der Waals surface area contributed by atoms with Gasteiger partial charge < -0.3 is 14.7 Å². The van der Waals surface area contributed by atoms with E-state index in [0.717, 1.165) is 63.7 Å². The summed E-state index contributed by atoms with van der Waals surface area (Å²) < 4.78 is 0. The lowest BCUT2D eigenvalue weighted by atomic mass is 10.1. The van der Waals surface area contributed by atoms with E-state index in [9.17, 15) is 4.79 Å². The molecule has 0 atom stereocenters. The normalized spacial score (nSPS) is 17.2. The van der Waals surface area contributed by atoms with Crippen LogP contribution >= 0.6 is 0 Å². The van der Waals surface area contributed by atoms with Crippen molar-refractivity contribution in [3.63, 3.8) is 0 Å². The van der Waals surface area contributed by atoms with Crippen LogP contribution in [-0.2, 0) is 11.2 Å². The lowest BCUT2D eigenvalue weighted by Gasteiger charge is -2.35. The summed E-state index contributed by atoms with van der Waals surface area (Å²) in [5.41, 5.74) is 1.30. The standard InChI is InChI=1S/C22H29N5O/c28-22(10-6-9-19-7-2-1-3-8-19)27-15-13-26(14-16-27)21-17-20(23-18-24-21)25-11-4-5-12-25/h1-3,7-8,17-18H,4-6,9-16H2. The van der Waals surface area contributed by atoms with Crippen molar-refractivity contribution < 1.29 is 4.79 Å². The van der Waals surface area contributed by atoms with Gasteiger partial charge in [-0.25, -0.2) is 9.97 Å². The van der Waals surface area contributed by atoms with Crippen molar-refractivity contribution in [3.05, 3.63) is 48.3 Å². The molecule has 0 N–H and O–H groups in total. The van der Waals surface area contributed by atoms with Crippen molar-refractivity contribution in [3.8, 4) is 0 Å². The van der Waals surface area contributed by atoms with Gasteiger partial charge in [-0.3, -0.25) is 4.79 Å². The van der Waals surface area contributed by atoms with Gasteiger partial charge in [-0.05, 0) is 31.2 Å². The summed E-state index contributed by atoms with van der Waals surface area (Å²) in [7, 11) is 0. The summed E-state index contributed by atoms with van der Waals surface area (Å²) in [5, 5.41) is 0. The number of nitrogens with zero attached hydrogens (tertiary/aromatic N) is 5. The van der Waals surface area contributed by atoms with Gasteiger partial charge >= 0.3 is 0 Å². The van der Waals surface area contributed by atoms with Gasteiger partial charge in [-0.1, -0.05) is 30.3 Å². The van der Waals surface area contributed by atoms with Gasteiger partial charge in [0.25, 0.3) is 0 Å². The summed E-state index contributed by atoms with van der Waals surface area (Å²) in [6.45, 7) is 5.38. The van der Waals surface area contributed by atoms with Crippen molar-refractivity contribution in [2.24, 2.45) is 0 Å². The van der Waals surface area contributed by atoms with Crippen LogP contribution < -0.4 is 9.80 Å². The minimum atomic E-state index is 0.274. The number of hydrogen-bond donors (Lipinski definition) is 0. The summed E-state index contributed by atoms with van der Waals surface area (Å²) in [6, 6.07) is 12.5. The van der Waals surface area contributed by atoms with E-state index < -0.39 is 0 Å². The maximum Gasteiger partial charge on any atom is 0.222 e. The molecule has 2 saturated heterocycles. The molecule has 6 nitrogen and oxygen atoms in total. The minimum absolute atomic E-state index is 0.274. The van der Waals surface area contributed by atoms with E-state index >= 15 is 0 Å². The van der Waals surface area contributed by atoms with Crippen LogP contribution in [0.15, 0.2) is 42.7 Å². The monoisotopic (exact) mass is 379 g/mol. The zero-order chi connectivity index (χ0) is 19.2. The molecule has 2 aromatic rings. The Hall–Kier alpha value is -2.63. The fourth-order valence-electron chi connectivity index (χ4n) is 4.06. The highest BCUT2D eigenvalue weighted by Crippen LogP contribution is 2.22. The zero-order valence-corrected chi connectivity index (χ0v) is 16.5. The predicted molar refractivity (Wildman–Crippen MR) is 112 cm³/mol. The third-order valence-electron chi connectivity index (χ3n) is 5.72. The van der Waals surface area contributed by atoms with Gasteiger partial charge in [-0.2, -0.15) is 0 Å². The second-order valence-electron chi connectivity index (χ2n) is 7.64. The summed E-state index contributed by atoms with van der Waals surface area (Å²) in [6.07, 6.45) is 6.65. The first-order chi connectivity index (χ1) is 13.8. The molecule has 0 unspecified atom stereocenters. The largest absolute Gasteiger partial charge is 0.356 e. The maximum absolute atomic E-state index is 12.5. The molecule has 1 aromatic heterocycles. The molecule has 2 aliphatic rings. The number of piperazine rings is 1. The first kappa shape index (κ1) is 18.7. The van der Waals surface area contributed by atoms with Crippen LogP contribution in [0, 0.1) is 0 Å². The Bertz CT molecular complexity index is 768. The molecule has 0 spiro atoms. The molecule has 1 amide bonds. The highest BCUT2D eigenvalue weighted by Gasteiger charge is 2.22. The van der Waals surface area contributed by atoms with Crippen molar-refractivity contribution in [1.29, 1.82) is 0 Å². The number of carbonyl (C=O) groups excluding carboxylic acids is 1. The summed E-state index contributed by atoms with van der Waals surface area (Å²) in [5.74, 6) is 2.28. The van der Waals surface area contributed by atoms with Gasteiger partial charge in [0.1, 0.15) is 18.0 Å². The average Bonchev–Trinajstić information content (AvgIpc) is 3.30. The van der Waals surface area contributed by atoms with Crippen LogP contribution in [0.25, 0.3) is 0 Å². The molecule has 1 aromatic carbocycles. The van der Waals surface area contributed by atoms with Gasteiger partial charge in [0.2, 0.25) is 5.91 Å². The van der Waals surface area contributed by atoms with E-state index in [1.165, 1.54) is 18.4 Å². The molecule has 0 radical (unpaired) electrons. The molecule has 0 aliphatic carbocycles. The second kappa shape index (κ2) is 9.04. The number of benzene rings is 1. The molecular formula is C22H29N5O. The smallest absolute Gasteiger partial charge is 0.222 e. The SMILES string of the molecule is O=C(CCCc1ccccc1)N1CCN(c2cc(N3CCCC3)ncn2)CC1. The fourth-order valence-corrected chi connectivity index (χ4v) is 4.06. The molecule has 4 rings (SSSR count). The van der Waals surface area contributed by atoms with Gasteiger partial charge in [0.05, 0.1) is 0 Å². The van der Waals surface area contributed by atoms with Crippen LogP contribution in [-0.4, -0.2) is 60.0 Å². The maximum atomic E-state index is 12.5. The Morgan fingerprint density at radius 1 is 0.857 bits per heavy atom. The number of aryl methyl sites for hydroxylation is 1. The second-order valence-corrected chi connectivity index (χ2v) is 7.64. The average molecular weight is 380 g/mol. The quantitative estimate of drug-likeness (QED) is 0.772. The molecule has 0 saturated carbocycles. The van der Waals surface area contributed by atoms with E-state index in [1.54, 1.807) is 6.33 Å². The minimum Gasteiger partial charge on any atom is -0.356 e. The van der Waals surface area contributed by atoms with Gasteiger partial charge in [0.15, 0.2) is 0 Å². The first-order valence-electron chi connectivity index (χ1n) is 10.4. The molecule has 3 heterocycles. The first-order valence-corrected chi connectivity index (χ1v) is 10.4. The Balaban J connectivity index is 1.25. The van der Waals surface area contributed by atoms with Crippen LogP contribution in [0.5, 0.6) is 0 Å². The third kappa shape index (κ3) is 4.61. The van der Waals surface area contributed by atoms with Gasteiger partial charge in [0, 0.05) is 51.8 Å². The van der Waals surface area contributed by atoms with Crippen molar-refractivity contribution >= 4 is 17.5 Å². The van der Waals surface area contributed by atoms with Crippen molar-refractivity contribution in [2.75, 3.05) is 49.1 Å². The predicted octanol–water partition coefficient (Wildman–Crippen LogP) is 2.75. The van der Waals surface area contributed by atoms with Gasteiger partial charge in [-0.15, -0.1) is 0 Å². The fraction of sp³-hybridized carbons (Fsp3) is 0.500. The highest BCUT2D eigenvalue weighted by molar-refractivity contribution is 5.76. The number of hydrogen-bond acceptors (Lipinski definition) is 5. The highest BCUT2D eigenvalue weighted by atomic mass is 16.2. The van der Waals surface area contributed by atoms with Crippen LogP contribution in [0.2, 0.25) is 0 Å². The van der Waals surface area contributed by atoms with Crippen LogP contribution in [0.4, 0.5) is 11.6 Å². The van der Waals surface area contributed by atoms with E-state index in [1.807, 2.05) is 11.0 Å². The lowest BCUT2D eigenvalue weighted by Crippen LogP contribution is -2.49. The van der Waals surface area contributed by atoms with Crippen LogP contribution in [0.1, 0.15) is 31.2 Å². The molecule has 2 aliphatic heterocycles. The summed E-state index contributed by atoms with van der Waals surface area (Å²) >= 11 is 0. The van der Waals surface area contributed by atoms with Crippen LogP contribution in [0.3, 0.4) is 0 Å². The molecule has 148 valence electrons. The van der Waals surface area contributed by atoms with E-state index in [0.29, 0.717) is 6.42 Å². The van der Waals surface area contributed by atoms with E-state index in [2.05, 4.69) is 50.1 Å². The Morgan fingerprint density at radius 2 is 1.50 bits per heavy atom. The van der Waals surface area contributed by atoms with E-state index in [4.69, 9.17) is 0 Å². The number of carbonyl (C=O) groups is 1. The number of anilines is 2. The Kier molecular flexibility index (Phi) is 6.04. The lowest BCUT2D eigenvalue weighted by molar-refractivity contribution is -0.131. The van der Waals surface area contributed by atoms with Crippen molar-refractivity contribution in [1.82, 2.24) is 14.9 Å². The third-order valence-corrected chi connectivity index (χ3v) is 5.72. The van der Waals surface area contributed by atoms with Crippen molar-refractivity contribution in [2.45, 2.75) is 32.1 Å². The number of amides is 1. The topological polar surface area (TPSA) is 52.6 Å². The molecule has 28 heavy (non-hydrogen) atoms. The molecular weight excluding hydrogens is 350 g/mol. The Labute approximate surface area is 167 Å². The molecule has 6 heteroatoms. The Morgan fingerprint density at radius 3 is 2.18 bits per heavy atom.